The van der Waals surface area contributed by atoms with Crippen LogP contribution >= 0.6 is 23.2 Å². The molecule has 0 saturated heterocycles. The number of nitrogen functional groups attached to an aromatic ring is 1. The first-order valence-corrected chi connectivity index (χ1v) is 7.65. The van der Waals surface area contributed by atoms with Crippen molar-refractivity contribution in [3.05, 3.63) is 46.2 Å². The highest BCUT2D eigenvalue weighted by Crippen LogP contribution is 2.30. The maximum atomic E-state index is 12.2. The molecule has 1 aromatic heterocycles. The standard InChI is InChI=1S/C11H10Cl2N4O2S/c12-7-4-9(13)11(10(14)5-7)20(18,19)16-6-8-2-1-3-15-17-8/h1-5,16H,6,14H2. The number of sulfonamides is 1. The first-order chi connectivity index (χ1) is 9.40. The minimum Gasteiger partial charge on any atom is -0.398 e. The summed E-state index contributed by atoms with van der Waals surface area (Å²) in [5, 5.41) is 7.65. The summed E-state index contributed by atoms with van der Waals surface area (Å²) in [6, 6.07) is 5.93. The highest BCUT2D eigenvalue weighted by molar-refractivity contribution is 7.89. The number of hydrogen-bond acceptors (Lipinski definition) is 5. The summed E-state index contributed by atoms with van der Waals surface area (Å²) in [5.41, 5.74) is 6.11. The van der Waals surface area contributed by atoms with E-state index >= 15 is 0 Å². The molecule has 9 heteroatoms. The molecule has 0 saturated carbocycles. The van der Waals surface area contributed by atoms with E-state index in [1.54, 1.807) is 12.1 Å². The molecule has 0 bridgehead atoms. The molecule has 0 amide bonds. The number of aromatic nitrogens is 2. The monoisotopic (exact) mass is 332 g/mol. The van der Waals surface area contributed by atoms with Crippen LogP contribution in [0.25, 0.3) is 0 Å². The van der Waals surface area contributed by atoms with Crippen molar-refractivity contribution in [3.63, 3.8) is 0 Å². The fourth-order valence-corrected chi connectivity index (χ4v) is 3.51. The third kappa shape index (κ3) is 3.37. The van der Waals surface area contributed by atoms with Crippen molar-refractivity contribution in [2.45, 2.75) is 11.4 Å². The van der Waals surface area contributed by atoms with E-state index in [0.717, 1.165) is 0 Å². The topological polar surface area (TPSA) is 98.0 Å². The van der Waals surface area contributed by atoms with Crippen molar-refractivity contribution in [2.24, 2.45) is 0 Å². The minimum absolute atomic E-state index is 0.0193. The molecule has 3 N–H and O–H groups in total. The molecule has 106 valence electrons. The van der Waals surface area contributed by atoms with Gasteiger partial charge in [-0.25, -0.2) is 13.1 Å². The lowest BCUT2D eigenvalue weighted by molar-refractivity contribution is 0.580. The zero-order valence-corrected chi connectivity index (χ0v) is 12.4. The fourth-order valence-electron chi connectivity index (χ4n) is 1.53. The Balaban J connectivity index is 2.28. The quantitative estimate of drug-likeness (QED) is 0.832. The van der Waals surface area contributed by atoms with Crippen molar-refractivity contribution >= 4 is 38.9 Å². The molecule has 2 aromatic rings. The summed E-state index contributed by atoms with van der Waals surface area (Å²) in [6.07, 6.45) is 1.49. The maximum Gasteiger partial charge on any atom is 0.244 e. The largest absolute Gasteiger partial charge is 0.398 e. The van der Waals surface area contributed by atoms with Crippen molar-refractivity contribution in [1.82, 2.24) is 14.9 Å². The lowest BCUT2D eigenvalue weighted by atomic mass is 10.3. The van der Waals surface area contributed by atoms with E-state index in [1.807, 2.05) is 0 Å². The van der Waals surface area contributed by atoms with Gasteiger partial charge in [0.15, 0.2) is 0 Å². The molecule has 20 heavy (non-hydrogen) atoms. The van der Waals surface area contributed by atoms with Crippen LogP contribution in [0.1, 0.15) is 5.69 Å². The first-order valence-electron chi connectivity index (χ1n) is 5.41. The molecule has 0 atom stereocenters. The van der Waals surface area contributed by atoms with Gasteiger partial charge in [0.25, 0.3) is 0 Å². The number of rotatable bonds is 4. The summed E-state index contributed by atoms with van der Waals surface area (Å²) >= 11 is 11.6. The van der Waals surface area contributed by atoms with Crippen LogP contribution in [0.4, 0.5) is 5.69 Å². The molecule has 0 radical (unpaired) electrons. The molecule has 0 unspecified atom stereocenters. The summed E-state index contributed by atoms with van der Waals surface area (Å²) in [4.78, 5) is -0.201. The molecule has 0 spiro atoms. The predicted molar refractivity (Wildman–Crippen MR) is 76.9 cm³/mol. The second kappa shape index (κ2) is 5.92. The van der Waals surface area contributed by atoms with Gasteiger partial charge in [-0.05, 0) is 24.3 Å². The Kier molecular flexibility index (Phi) is 4.44. The van der Waals surface area contributed by atoms with E-state index in [-0.39, 0.29) is 27.2 Å². The molecule has 1 heterocycles. The Hall–Kier alpha value is -1.41. The van der Waals surface area contributed by atoms with Crippen LogP contribution in [0, 0.1) is 0 Å². The zero-order valence-electron chi connectivity index (χ0n) is 10.0. The zero-order chi connectivity index (χ0) is 14.8. The van der Waals surface area contributed by atoms with E-state index in [0.29, 0.717) is 5.69 Å². The van der Waals surface area contributed by atoms with Crippen molar-refractivity contribution in [1.29, 1.82) is 0 Å². The molecule has 0 aliphatic rings. The van der Waals surface area contributed by atoms with Gasteiger partial charge in [-0.1, -0.05) is 23.2 Å². The second-order valence-electron chi connectivity index (χ2n) is 3.85. The molecule has 0 aliphatic carbocycles. The van der Waals surface area contributed by atoms with E-state index in [1.165, 1.54) is 18.3 Å². The van der Waals surface area contributed by atoms with Crippen molar-refractivity contribution < 1.29 is 8.42 Å². The minimum atomic E-state index is -3.87. The number of hydrogen-bond donors (Lipinski definition) is 2. The summed E-state index contributed by atoms with van der Waals surface area (Å²) in [5.74, 6) is 0. The highest BCUT2D eigenvalue weighted by atomic mass is 35.5. The van der Waals surface area contributed by atoms with E-state index in [2.05, 4.69) is 14.9 Å². The highest BCUT2D eigenvalue weighted by Gasteiger charge is 2.21. The van der Waals surface area contributed by atoms with Gasteiger partial charge in [-0.3, -0.25) is 0 Å². The SMILES string of the molecule is Nc1cc(Cl)cc(Cl)c1S(=O)(=O)NCc1cccnn1. The van der Waals surface area contributed by atoms with Gasteiger partial charge in [-0.15, -0.1) is 0 Å². The fraction of sp³-hybridized carbons (Fsp3) is 0.0909. The third-order valence-corrected chi connectivity index (χ3v) is 4.52. The number of benzene rings is 1. The van der Waals surface area contributed by atoms with Gasteiger partial charge in [0.05, 0.1) is 22.9 Å². The summed E-state index contributed by atoms with van der Waals surface area (Å²) < 4.78 is 26.7. The lowest BCUT2D eigenvalue weighted by Gasteiger charge is -2.10. The van der Waals surface area contributed by atoms with E-state index in [4.69, 9.17) is 28.9 Å². The van der Waals surface area contributed by atoms with Crippen molar-refractivity contribution in [2.75, 3.05) is 5.73 Å². The number of nitrogens with two attached hydrogens (primary N) is 1. The Labute approximate surface area is 126 Å². The average molecular weight is 333 g/mol. The molecule has 2 rings (SSSR count). The summed E-state index contributed by atoms with van der Waals surface area (Å²) in [6.45, 7) is -0.0193. The second-order valence-corrected chi connectivity index (χ2v) is 6.39. The smallest absolute Gasteiger partial charge is 0.244 e. The van der Waals surface area contributed by atoms with E-state index in [9.17, 15) is 8.42 Å². The number of nitrogens with one attached hydrogen (secondary N) is 1. The number of nitrogens with zero attached hydrogens (tertiary/aromatic N) is 2. The van der Waals surface area contributed by atoms with E-state index < -0.39 is 10.0 Å². The molecule has 0 aliphatic heterocycles. The third-order valence-electron chi connectivity index (χ3n) is 2.38. The van der Waals surface area contributed by atoms with Crippen LogP contribution in [-0.4, -0.2) is 18.6 Å². The van der Waals surface area contributed by atoms with Gasteiger partial charge in [0.1, 0.15) is 4.90 Å². The molecular weight excluding hydrogens is 323 g/mol. The predicted octanol–water partition coefficient (Wildman–Crippen LogP) is 1.84. The molecule has 0 fully saturated rings. The number of halogens is 2. The van der Waals surface area contributed by atoms with Gasteiger partial charge in [0.2, 0.25) is 10.0 Å². The maximum absolute atomic E-state index is 12.2. The van der Waals surface area contributed by atoms with Gasteiger partial charge in [-0.2, -0.15) is 10.2 Å². The average Bonchev–Trinajstić information content (AvgIpc) is 2.36. The Bertz CT molecular complexity index is 699. The molecule has 6 nitrogen and oxygen atoms in total. The van der Waals surface area contributed by atoms with Crippen LogP contribution in [0.2, 0.25) is 10.0 Å². The Morgan fingerprint density at radius 2 is 2.05 bits per heavy atom. The Morgan fingerprint density at radius 3 is 2.65 bits per heavy atom. The van der Waals surface area contributed by atoms with Gasteiger partial charge < -0.3 is 5.73 Å². The van der Waals surface area contributed by atoms with Crippen LogP contribution in [-0.2, 0) is 16.6 Å². The lowest BCUT2D eigenvalue weighted by Crippen LogP contribution is -2.25. The van der Waals surface area contributed by atoms with Crippen LogP contribution in [0.5, 0.6) is 0 Å². The molecule has 1 aromatic carbocycles. The van der Waals surface area contributed by atoms with Crippen molar-refractivity contribution in [3.8, 4) is 0 Å². The van der Waals surface area contributed by atoms with Gasteiger partial charge >= 0.3 is 0 Å². The Morgan fingerprint density at radius 1 is 1.30 bits per heavy atom. The first kappa shape index (κ1) is 15.0. The normalized spacial score (nSPS) is 11.5. The van der Waals surface area contributed by atoms with Crippen LogP contribution in [0.15, 0.2) is 35.4 Å². The summed E-state index contributed by atoms with van der Waals surface area (Å²) in [7, 11) is -3.87. The van der Waals surface area contributed by atoms with Gasteiger partial charge in [0, 0.05) is 11.2 Å². The molecular formula is C11H10Cl2N4O2S. The van der Waals surface area contributed by atoms with Crippen LogP contribution in [0.3, 0.4) is 0 Å². The number of anilines is 1. The van der Waals surface area contributed by atoms with Crippen LogP contribution < -0.4 is 10.5 Å².